The van der Waals surface area contributed by atoms with E-state index in [0.29, 0.717) is 11.4 Å². The van der Waals surface area contributed by atoms with Gasteiger partial charge in [-0.05, 0) is 36.4 Å². The third-order valence-electron chi connectivity index (χ3n) is 3.36. The van der Waals surface area contributed by atoms with Crippen molar-refractivity contribution >= 4 is 21.7 Å². The minimum absolute atomic E-state index is 0.0681. The van der Waals surface area contributed by atoms with Crippen molar-refractivity contribution in [1.29, 1.82) is 0 Å². The summed E-state index contributed by atoms with van der Waals surface area (Å²) in [6.45, 7) is 0. The summed E-state index contributed by atoms with van der Waals surface area (Å²) in [6.07, 6.45) is 0. The number of nitrogens with zero attached hydrogens (tertiary/aromatic N) is 1. The average Bonchev–Trinajstić information content (AvgIpc) is 2.60. The van der Waals surface area contributed by atoms with Crippen LogP contribution in [0.2, 0.25) is 0 Å². The first-order valence-corrected chi connectivity index (χ1v) is 8.16. The molecular formula is C16H17NO5S. The second-order valence-electron chi connectivity index (χ2n) is 4.66. The summed E-state index contributed by atoms with van der Waals surface area (Å²) in [7, 11) is 0.416. The lowest BCUT2D eigenvalue weighted by Gasteiger charge is -2.21. The fourth-order valence-corrected chi connectivity index (χ4v) is 3.26. The highest BCUT2D eigenvalue weighted by atomic mass is 32.2. The number of esters is 1. The third kappa shape index (κ3) is 3.29. The van der Waals surface area contributed by atoms with Crippen LogP contribution in [0, 0.1) is 0 Å². The lowest BCUT2D eigenvalue weighted by Crippen LogP contribution is -2.27. The molecule has 0 aliphatic carbocycles. The summed E-state index contributed by atoms with van der Waals surface area (Å²) in [4.78, 5) is 11.5. The molecule has 0 aromatic heterocycles. The molecule has 7 heteroatoms. The van der Waals surface area contributed by atoms with Gasteiger partial charge in [0.25, 0.3) is 10.0 Å². The predicted octanol–water partition coefficient (Wildman–Crippen LogP) is 2.31. The van der Waals surface area contributed by atoms with Gasteiger partial charge in [0.05, 0.1) is 30.4 Å². The van der Waals surface area contributed by atoms with Gasteiger partial charge in [0.2, 0.25) is 0 Å². The van der Waals surface area contributed by atoms with Crippen molar-refractivity contribution in [3.05, 3.63) is 54.1 Å². The molecule has 0 saturated carbocycles. The average molecular weight is 335 g/mol. The molecule has 0 unspecified atom stereocenters. The van der Waals surface area contributed by atoms with E-state index in [2.05, 4.69) is 4.74 Å². The van der Waals surface area contributed by atoms with Crippen LogP contribution in [0.4, 0.5) is 5.69 Å². The van der Waals surface area contributed by atoms with Gasteiger partial charge in [0.15, 0.2) is 0 Å². The molecule has 0 atom stereocenters. The Morgan fingerprint density at radius 1 is 1.00 bits per heavy atom. The molecule has 0 bridgehead atoms. The molecule has 0 fully saturated rings. The van der Waals surface area contributed by atoms with E-state index in [9.17, 15) is 13.2 Å². The zero-order chi connectivity index (χ0) is 17.0. The topological polar surface area (TPSA) is 72.9 Å². The maximum atomic E-state index is 12.7. The summed E-state index contributed by atoms with van der Waals surface area (Å²) in [5.74, 6) is -0.0724. The summed E-state index contributed by atoms with van der Waals surface area (Å²) >= 11 is 0. The van der Waals surface area contributed by atoms with Crippen LogP contribution in [0.1, 0.15) is 10.4 Å². The fraction of sp³-hybridized carbons (Fsp3) is 0.188. The zero-order valence-electron chi connectivity index (χ0n) is 13.0. The zero-order valence-corrected chi connectivity index (χ0v) is 13.8. The largest absolute Gasteiger partial charge is 0.495 e. The van der Waals surface area contributed by atoms with Crippen LogP contribution in [0.3, 0.4) is 0 Å². The molecule has 2 aromatic carbocycles. The van der Waals surface area contributed by atoms with Crippen molar-refractivity contribution in [1.82, 2.24) is 0 Å². The number of hydrogen-bond donors (Lipinski definition) is 0. The van der Waals surface area contributed by atoms with E-state index in [0.717, 1.165) is 4.31 Å². The number of methoxy groups -OCH3 is 2. The standard InChI is InChI=1S/C16H17NO5S/c1-17(14-6-4-5-7-15(14)21-2)23(19,20)13-10-8-12(9-11-13)16(18)22-3/h4-11H,1-3H3. The monoisotopic (exact) mass is 335 g/mol. The molecule has 0 heterocycles. The van der Waals surface area contributed by atoms with E-state index in [1.54, 1.807) is 24.3 Å². The number of benzene rings is 2. The van der Waals surface area contributed by atoms with Gasteiger partial charge in [-0.25, -0.2) is 13.2 Å². The van der Waals surface area contributed by atoms with Crippen LogP contribution < -0.4 is 9.04 Å². The molecule has 2 aromatic rings. The van der Waals surface area contributed by atoms with Gasteiger partial charge in [-0.1, -0.05) is 12.1 Å². The van der Waals surface area contributed by atoms with Gasteiger partial charge in [-0.2, -0.15) is 0 Å². The van der Waals surface area contributed by atoms with Crippen LogP contribution >= 0.6 is 0 Å². The van der Waals surface area contributed by atoms with Gasteiger partial charge in [0.1, 0.15) is 5.75 Å². The molecule has 0 N–H and O–H groups in total. The number of sulfonamides is 1. The second kappa shape index (κ2) is 6.70. The second-order valence-corrected chi connectivity index (χ2v) is 6.63. The molecule has 0 saturated heterocycles. The summed E-state index contributed by atoms with van der Waals surface area (Å²) < 4.78 is 36.3. The van der Waals surface area contributed by atoms with E-state index < -0.39 is 16.0 Å². The number of para-hydroxylation sites is 2. The predicted molar refractivity (Wildman–Crippen MR) is 86.4 cm³/mol. The van der Waals surface area contributed by atoms with Crippen molar-refractivity contribution in [3.63, 3.8) is 0 Å². The van der Waals surface area contributed by atoms with E-state index in [1.807, 2.05) is 0 Å². The number of ether oxygens (including phenoxy) is 2. The molecule has 0 aliphatic rings. The van der Waals surface area contributed by atoms with Gasteiger partial charge in [-0.3, -0.25) is 4.31 Å². The Hall–Kier alpha value is -2.54. The Labute approximate surface area is 135 Å². The van der Waals surface area contributed by atoms with Crippen LogP contribution in [0.15, 0.2) is 53.4 Å². The van der Waals surface area contributed by atoms with Crippen molar-refractivity contribution in [2.75, 3.05) is 25.6 Å². The maximum Gasteiger partial charge on any atom is 0.337 e. The fourth-order valence-electron chi connectivity index (χ4n) is 2.06. The van der Waals surface area contributed by atoms with Crippen LogP contribution in [-0.4, -0.2) is 35.7 Å². The third-order valence-corrected chi connectivity index (χ3v) is 5.14. The highest BCUT2D eigenvalue weighted by Crippen LogP contribution is 2.30. The van der Waals surface area contributed by atoms with Gasteiger partial charge in [0, 0.05) is 7.05 Å². The minimum atomic E-state index is -3.77. The quantitative estimate of drug-likeness (QED) is 0.784. The molecule has 0 spiro atoms. The van der Waals surface area contributed by atoms with E-state index in [4.69, 9.17) is 4.74 Å². The van der Waals surface area contributed by atoms with Crippen LogP contribution in [0.25, 0.3) is 0 Å². The van der Waals surface area contributed by atoms with Crippen LogP contribution in [0.5, 0.6) is 5.75 Å². The van der Waals surface area contributed by atoms with E-state index in [1.165, 1.54) is 45.5 Å². The molecule has 6 nitrogen and oxygen atoms in total. The lowest BCUT2D eigenvalue weighted by atomic mass is 10.2. The molecule has 0 radical (unpaired) electrons. The van der Waals surface area contributed by atoms with E-state index >= 15 is 0 Å². The first kappa shape index (κ1) is 16.8. The molecule has 23 heavy (non-hydrogen) atoms. The number of hydrogen-bond acceptors (Lipinski definition) is 5. The number of carbonyl (C=O) groups excluding carboxylic acids is 1. The highest BCUT2D eigenvalue weighted by molar-refractivity contribution is 7.92. The number of rotatable bonds is 5. The summed E-state index contributed by atoms with van der Waals surface area (Å²) in [5, 5.41) is 0. The minimum Gasteiger partial charge on any atom is -0.495 e. The molecule has 122 valence electrons. The highest BCUT2D eigenvalue weighted by Gasteiger charge is 2.23. The lowest BCUT2D eigenvalue weighted by molar-refractivity contribution is 0.0600. The van der Waals surface area contributed by atoms with Gasteiger partial charge in [-0.15, -0.1) is 0 Å². The first-order valence-electron chi connectivity index (χ1n) is 6.72. The summed E-state index contributed by atoms with van der Waals surface area (Å²) in [6, 6.07) is 12.4. The van der Waals surface area contributed by atoms with Crippen molar-refractivity contribution in [2.24, 2.45) is 0 Å². The Morgan fingerprint density at radius 2 is 1.61 bits per heavy atom. The normalized spacial score (nSPS) is 10.9. The SMILES string of the molecule is COC(=O)c1ccc(S(=O)(=O)N(C)c2ccccc2OC)cc1. The summed E-state index contributed by atoms with van der Waals surface area (Å²) in [5.41, 5.74) is 0.707. The first-order chi connectivity index (χ1) is 10.9. The van der Waals surface area contributed by atoms with Crippen LogP contribution in [-0.2, 0) is 14.8 Å². The van der Waals surface area contributed by atoms with Gasteiger partial charge < -0.3 is 9.47 Å². The van der Waals surface area contributed by atoms with E-state index in [-0.39, 0.29) is 10.5 Å². The van der Waals surface area contributed by atoms with Crippen molar-refractivity contribution in [2.45, 2.75) is 4.90 Å². The Morgan fingerprint density at radius 3 is 2.17 bits per heavy atom. The molecular weight excluding hydrogens is 318 g/mol. The Bertz CT molecular complexity index is 799. The molecule has 2 rings (SSSR count). The number of anilines is 1. The smallest absolute Gasteiger partial charge is 0.337 e. The van der Waals surface area contributed by atoms with Gasteiger partial charge >= 0.3 is 5.97 Å². The Kier molecular flexibility index (Phi) is 4.90. The van der Waals surface area contributed by atoms with Crippen molar-refractivity contribution in [3.8, 4) is 5.75 Å². The van der Waals surface area contributed by atoms with Crippen molar-refractivity contribution < 1.29 is 22.7 Å². The molecule has 0 aliphatic heterocycles. The maximum absolute atomic E-state index is 12.7. The molecule has 0 amide bonds. The number of carbonyl (C=O) groups is 1. The Balaban J connectivity index is 2.39.